The van der Waals surface area contributed by atoms with Gasteiger partial charge in [-0.15, -0.1) is 22.7 Å². The smallest absolute Gasteiger partial charge is 0.193 e. The maximum Gasteiger partial charge on any atom is 0.193 e. The van der Waals surface area contributed by atoms with E-state index < -0.39 is 0 Å². The van der Waals surface area contributed by atoms with Crippen LogP contribution in [0.15, 0.2) is 34.2 Å². The maximum absolute atomic E-state index is 4.62. The molecule has 2 N–H and O–H groups in total. The van der Waals surface area contributed by atoms with Gasteiger partial charge in [-0.05, 0) is 30.9 Å². The molecule has 5 nitrogen and oxygen atoms in total. The largest absolute Gasteiger partial charge is 0.357 e. The second-order valence-electron chi connectivity index (χ2n) is 4.90. The van der Waals surface area contributed by atoms with Gasteiger partial charge in [-0.25, -0.2) is 9.98 Å². The van der Waals surface area contributed by atoms with Crippen molar-refractivity contribution in [2.24, 2.45) is 4.99 Å². The normalized spacial score (nSPS) is 12.0. The Kier molecular flexibility index (Phi) is 4.74. The molecule has 22 heavy (non-hydrogen) atoms. The Morgan fingerprint density at radius 1 is 1.32 bits per heavy atom. The van der Waals surface area contributed by atoms with E-state index in [0.29, 0.717) is 6.54 Å². The molecular weight excluding hydrogens is 314 g/mol. The minimum absolute atomic E-state index is 0.577. The lowest BCUT2D eigenvalue weighted by Crippen LogP contribution is -2.36. The summed E-state index contributed by atoms with van der Waals surface area (Å²) < 4.78 is 2.03. The van der Waals surface area contributed by atoms with Crippen molar-refractivity contribution in [3.63, 3.8) is 0 Å². The van der Waals surface area contributed by atoms with Crippen molar-refractivity contribution < 1.29 is 0 Å². The van der Waals surface area contributed by atoms with Crippen molar-refractivity contribution in [3.05, 3.63) is 45.4 Å². The van der Waals surface area contributed by atoms with Gasteiger partial charge < -0.3 is 10.6 Å². The Morgan fingerprint density at radius 3 is 2.95 bits per heavy atom. The molecule has 116 valence electrons. The van der Waals surface area contributed by atoms with Gasteiger partial charge in [0, 0.05) is 29.2 Å². The zero-order chi connectivity index (χ0) is 15.4. The van der Waals surface area contributed by atoms with Crippen LogP contribution in [0.4, 0.5) is 0 Å². The fourth-order valence-electron chi connectivity index (χ4n) is 2.10. The number of hydrogen-bond donors (Lipinski definition) is 2. The monoisotopic (exact) mass is 333 g/mol. The number of guanidine groups is 1. The van der Waals surface area contributed by atoms with Gasteiger partial charge in [0.2, 0.25) is 0 Å². The van der Waals surface area contributed by atoms with E-state index in [1.54, 1.807) is 22.7 Å². The van der Waals surface area contributed by atoms with Crippen LogP contribution >= 0.6 is 22.7 Å². The first-order valence-corrected chi connectivity index (χ1v) is 8.98. The van der Waals surface area contributed by atoms with Crippen LogP contribution in [0.1, 0.15) is 23.1 Å². The van der Waals surface area contributed by atoms with Crippen LogP contribution in [0, 0.1) is 6.92 Å². The second kappa shape index (κ2) is 6.93. The molecule has 3 rings (SSSR count). The van der Waals surface area contributed by atoms with Gasteiger partial charge in [0.25, 0.3) is 0 Å². The predicted molar refractivity (Wildman–Crippen MR) is 93.8 cm³/mol. The van der Waals surface area contributed by atoms with E-state index in [4.69, 9.17) is 0 Å². The van der Waals surface area contributed by atoms with Crippen molar-refractivity contribution in [2.75, 3.05) is 6.54 Å². The Labute approximate surface area is 137 Å². The van der Waals surface area contributed by atoms with Crippen LogP contribution in [0.3, 0.4) is 0 Å². The first-order valence-electron chi connectivity index (χ1n) is 7.22. The van der Waals surface area contributed by atoms with Crippen LogP contribution in [0.2, 0.25) is 0 Å². The summed E-state index contributed by atoms with van der Waals surface area (Å²) >= 11 is 3.40. The molecule has 3 aromatic heterocycles. The summed E-state index contributed by atoms with van der Waals surface area (Å²) in [6.45, 7) is 6.42. The number of thiazole rings is 1. The number of rotatable bonds is 5. The van der Waals surface area contributed by atoms with E-state index in [9.17, 15) is 0 Å². The molecule has 0 aliphatic rings. The van der Waals surface area contributed by atoms with Gasteiger partial charge in [0.15, 0.2) is 10.9 Å². The number of aromatic nitrogens is 2. The number of aryl methyl sites for hydroxylation is 1. The number of aliphatic imine (C=N–C) groups is 1. The van der Waals surface area contributed by atoms with Gasteiger partial charge in [0.1, 0.15) is 0 Å². The molecule has 0 atom stereocenters. The molecule has 0 aromatic carbocycles. The molecule has 0 aliphatic carbocycles. The number of fused-ring (bicyclic) bond motifs is 1. The van der Waals surface area contributed by atoms with Gasteiger partial charge in [-0.2, -0.15) is 0 Å². The summed E-state index contributed by atoms with van der Waals surface area (Å²) in [5.41, 5.74) is 2.30. The first-order chi connectivity index (χ1) is 10.8. The van der Waals surface area contributed by atoms with Gasteiger partial charge in [0.05, 0.1) is 18.8 Å². The summed E-state index contributed by atoms with van der Waals surface area (Å²) in [5.74, 6) is 0.826. The molecule has 0 amide bonds. The predicted octanol–water partition coefficient (Wildman–Crippen LogP) is 3.02. The zero-order valence-corrected chi connectivity index (χ0v) is 14.3. The Balaban J connectivity index is 1.64. The molecule has 0 saturated heterocycles. The van der Waals surface area contributed by atoms with Crippen molar-refractivity contribution in [2.45, 2.75) is 26.9 Å². The standard InChI is InChI=1S/C15H19N5S2/c1-3-16-14(18-9-13-11(2)4-6-21-13)17-8-12-10-20-5-7-22-15(20)19-12/h4-7,10H,3,8-9H2,1-2H3,(H2,16,17,18). The molecule has 0 spiro atoms. The SMILES string of the molecule is CCNC(=NCc1cn2ccsc2n1)NCc1sccc1C. The summed E-state index contributed by atoms with van der Waals surface area (Å²) in [6, 6.07) is 2.14. The highest BCUT2D eigenvalue weighted by molar-refractivity contribution is 7.15. The minimum Gasteiger partial charge on any atom is -0.357 e. The topological polar surface area (TPSA) is 53.7 Å². The lowest BCUT2D eigenvalue weighted by molar-refractivity contribution is 0.818. The van der Waals surface area contributed by atoms with Gasteiger partial charge in [-0.3, -0.25) is 4.40 Å². The average molecular weight is 333 g/mol. The Hall–Kier alpha value is -1.86. The average Bonchev–Trinajstić information content (AvgIpc) is 3.18. The second-order valence-corrected chi connectivity index (χ2v) is 6.77. The molecule has 3 aromatic rings. The maximum atomic E-state index is 4.62. The third-order valence-corrected chi connectivity index (χ3v) is 5.06. The van der Waals surface area contributed by atoms with Crippen LogP contribution < -0.4 is 10.6 Å². The molecule has 3 heterocycles. The van der Waals surface area contributed by atoms with Crippen LogP contribution in [0.5, 0.6) is 0 Å². The van der Waals surface area contributed by atoms with Crippen LogP contribution in [-0.4, -0.2) is 21.9 Å². The molecule has 0 unspecified atom stereocenters. The molecule has 7 heteroatoms. The molecule has 0 bridgehead atoms. The Morgan fingerprint density at radius 2 is 2.23 bits per heavy atom. The highest BCUT2D eigenvalue weighted by Crippen LogP contribution is 2.15. The number of nitrogens with one attached hydrogen (secondary N) is 2. The third-order valence-electron chi connectivity index (χ3n) is 3.27. The lowest BCUT2D eigenvalue weighted by atomic mass is 10.3. The fourth-order valence-corrected chi connectivity index (χ4v) is 3.67. The number of thiophene rings is 1. The van der Waals surface area contributed by atoms with Crippen molar-refractivity contribution >= 4 is 33.6 Å². The van der Waals surface area contributed by atoms with E-state index in [0.717, 1.165) is 29.7 Å². The van der Waals surface area contributed by atoms with Crippen molar-refractivity contribution in [1.29, 1.82) is 0 Å². The quantitative estimate of drug-likeness (QED) is 0.557. The van der Waals surface area contributed by atoms with E-state index in [-0.39, 0.29) is 0 Å². The number of hydrogen-bond acceptors (Lipinski definition) is 4. The fraction of sp³-hybridized carbons (Fsp3) is 0.333. The molecule has 0 aliphatic heterocycles. The summed E-state index contributed by atoms with van der Waals surface area (Å²) in [4.78, 5) is 11.5. The molecular formula is C15H19N5S2. The van der Waals surface area contributed by atoms with Crippen molar-refractivity contribution in [3.8, 4) is 0 Å². The highest BCUT2D eigenvalue weighted by atomic mass is 32.1. The number of nitrogens with zero attached hydrogens (tertiary/aromatic N) is 3. The summed E-state index contributed by atoms with van der Waals surface area (Å²) in [6.07, 6.45) is 4.05. The van der Waals surface area contributed by atoms with Gasteiger partial charge >= 0.3 is 0 Å². The number of imidazole rings is 1. The van der Waals surface area contributed by atoms with E-state index in [2.05, 4.69) is 45.9 Å². The lowest BCUT2D eigenvalue weighted by Gasteiger charge is -2.10. The van der Waals surface area contributed by atoms with E-state index in [1.165, 1.54) is 10.4 Å². The molecule has 0 saturated carbocycles. The van der Waals surface area contributed by atoms with Gasteiger partial charge in [-0.1, -0.05) is 0 Å². The third kappa shape index (κ3) is 3.48. The van der Waals surface area contributed by atoms with Crippen LogP contribution in [0.25, 0.3) is 4.96 Å². The molecule has 0 fully saturated rings. The highest BCUT2D eigenvalue weighted by Gasteiger charge is 2.04. The van der Waals surface area contributed by atoms with Crippen molar-refractivity contribution in [1.82, 2.24) is 20.0 Å². The molecule has 0 radical (unpaired) electrons. The first kappa shape index (κ1) is 15.1. The zero-order valence-electron chi connectivity index (χ0n) is 12.7. The summed E-state index contributed by atoms with van der Waals surface area (Å²) in [7, 11) is 0. The van der Waals surface area contributed by atoms with Crippen LogP contribution in [-0.2, 0) is 13.1 Å². The van der Waals surface area contributed by atoms with E-state index in [1.807, 2.05) is 22.2 Å². The Bertz CT molecular complexity index is 739. The van der Waals surface area contributed by atoms with E-state index >= 15 is 0 Å². The minimum atomic E-state index is 0.577. The summed E-state index contributed by atoms with van der Waals surface area (Å²) in [5, 5.41) is 10.8.